The van der Waals surface area contributed by atoms with E-state index in [1.165, 1.54) is 14.0 Å². The van der Waals surface area contributed by atoms with Gasteiger partial charge in [0.05, 0.1) is 6.04 Å². The Kier molecular flexibility index (Phi) is 10.5. The van der Waals surface area contributed by atoms with Crippen LogP contribution in [0, 0.1) is 5.92 Å². The zero-order chi connectivity index (χ0) is 25.1. The molecule has 0 radical (unpaired) electrons. The van der Waals surface area contributed by atoms with Crippen LogP contribution >= 0.6 is 0 Å². The monoisotopic (exact) mass is 469 g/mol. The van der Waals surface area contributed by atoms with Gasteiger partial charge in [-0.05, 0) is 42.5 Å². The molecule has 184 valence electrons. The molecule has 0 saturated carbocycles. The van der Waals surface area contributed by atoms with Gasteiger partial charge in [-0.1, -0.05) is 56.3 Å². The Labute approximate surface area is 201 Å². The number of ether oxygens (including phenoxy) is 1. The molecule has 8 heteroatoms. The molecule has 0 spiro atoms. The summed E-state index contributed by atoms with van der Waals surface area (Å²) < 4.78 is 5.80. The second-order valence-electron chi connectivity index (χ2n) is 8.71. The van der Waals surface area contributed by atoms with Crippen LogP contribution < -0.4 is 20.7 Å². The number of hydrogen-bond acceptors (Lipinski definition) is 5. The molecule has 2 amide bonds. The van der Waals surface area contributed by atoms with Crippen molar-refractivity contribution in [2.75, 3.05) is 7.05 Å². The van der Waals surface area contributed by atoms with E-state index in [1.54, 1.807) is 0 Å². The Morgan fingerprint density at radius 2 is 1.53 bits per heavy atom. The summed E-state index contributed by atoms with van der Waals surface area (Å²) in [4.78, 5) is 36.7. The number of nitrogens with one attached hydrogen (secondary N) is 3. The summed E-state index contributed by atoms with van der Waals surface area (Å²) in [6.07, 6.45) is 0.727. The van der Waals surface area contributed by atoms with E-state index in [4.69, 9.17) is 4.74 Å². The summed E-state index contributed by atoms with van der Waals surface area (Å²) >= 11 is 0. The second kappa shape index (κ2) is 13.3. The van der Waals surface area contributed by atoms with Crippen LogP contribution in [0.2, 0.25) is 0 Å². The molecule has 0 aromatic heterocycles. The molecule has 8 nitrogen and oxygen atoms in total. The van der Waals surface area contributed by atoms with Gasteiger partial charge in [-0.15, -0.1) is 0 Å². The molecule has 2 rings (SSSR count). The van der Waals surface area contributed by atoms with Crippen LogP contribution in [0.4, 0.5) is 0 Å². The van der Waals surface area contributed by atoms with E-state index in [0.717, 1.165) is 11.1 Å². The van der Waals surface area contributed by atoms with Crippen molar-refractivity contribution in [3.05, 3.63) is 65.7 Å². The minimum atomic E-state index is -1.04. The lowest BCUT2D eigenvalue weighted by molar-refractivity contribution is -0.139. The summed E-state index contributed by atoms with van der Waals surface area (Å²) in [6.45, 7) is 5.84. The second-order valence-corrected chi connectivity index (χ2v) is 8.71. The molecule has 2 aromatic carbocycles. The molecular weight excluding hydrogens is 434 g/mol. The summed E-state index contributed by atoms with van der Waals surface area (Å²) in [5.41, 5.74) is 1.92. The molecule has 0 unspecified atom stereocenters. The van der Waals surface area contributed by atoms with E-state index in [0.29, 0.717) is 18.8 Å². The minimum Gasteiger partial charge on any atom is -0.489 e. The van der Waals surface area contributed by atoms with Crippen molar-refractivity contribution in [2.45, 2.75) is 58.3 Å². The maximum absolute atomic E-state index is 13.0. The highest BCUT2D eigenvalue weighted by Crippen LogP contribution is 2.16. The largest absolute Gasteiger partial charge is 0.489 e. The van der Waals surface area contributed by atoms with Crippen LogP contribution in [0.25, 0.3) is 0 Å². The first-order valence-corrected chi connectivity index (χ1v) is 11.5. The number of carboxylic acid groups (broad SMARTS) is 1. The van der Waals surface area contributed by atoms with E-state index in [2.05, 4.69) is 16.0 Å². The molecule has 0 aliphatic rings. The van der Waals surface area contributed by atoms with Crippen molar-refractivity contribution in [3.63, 3.8) is 0 Å². The van der Waals surface area contributed by atoms with Gasteiger partial charge in [-0.25, -0.2) is 0 Å². The van der Waals surface area contributed by atoms with Gasteiger partial charge in [0.15, 0.2) is 0 Å². The van der Waals surface area contributed by atoms with Gasteiger partial charge in [0.25, 0.3) is 0 Å². The molecule has 2 aromatic rings. The molecule has 4 N–H and O–H groups in total. The Bertz CT molecular complexity index is 931. The third-order valence-corrected chi connectivity index (χ3v) is 5.34. The molecule has 34 heavy (non-hydrogen) atoms. The number of likely N-dealkylation sites (N-methyl/N-ethyl adjacent to an activating group) is 1. The van der Waals surface area contributed by atoms with Gasteiger partial charge in [-0.2, -0.15) is 0 Å². The third-order valence-electron chi connectivity index (χ3n) is 5.34. The van der Waals surface area contributed by atoms with Crippen molar-refractivity contribution in [3.8, 4) is 5.75 Å². The Hall–Kier alpha value is -3.39. The Morgan fingerprint density at radius 3 is 2.09 bits per heavy atom. The zero-order valence-corrected chi connectivity index (χ0v) is 20.2. The highest BCUT2D eigenvalue weighted by molar-refractivity contribution is 5.90. The van der Waals surface area contributed by atoms with Gasteiger partial charge >= 0.3 is 5.97 Å². The Morgan fingerprint density at radius 1 is 0.882 bits per heavy atom. The first-order valence-electron chi connectivity index (χ1n) is 11.5. The van der Waals surface area contributed by atoms with Crippen LogP contribution in [0.15, 0.2) is 54.6 Å². The van der Waals surface area contributed by atoms with E-state index in [-0.39, 0.29) is 18.2 Å². The fraction of sp³-hybridized carbons (Fsp3) is 0.423. The lowest BCUT2D eigenvalue weighted by Gasteiger charge is -2.25. The third kappa shape index (κ3) is 8.86. The highest BCUT2D eigenvalue weighted by atomic mass is 16.5. The molecule has 0 aliphatic heterocycles. The molecule has 0 fully saturated rings. The maximum Gasteiger partial charge on any atom is 0.320 e. The number of hydrogen-bond donors (Lipinski definition) is 4. The lowest BCUT2D eigenvalue weighted by Crippen LogP contribution is -2.55. The van der Waals surface area contributed by atoms with Gasteiger partial charge in [-0.3, -0.25) is 19.7 Å². The highest BCUT2D eigenvalue weighted by Gasteiger charge is 2.28. The molecule has 3 atom stereocenters. The summed E-state index contributed by atoms with van der Waals surface area (Å²) in [6, 6.07) is 14.8. The number of aliphatic carboxylic acids is 1. The van der Waals surface area contributed by atoms with Crippen LogP contribution in [0.1, 0.15) is 38.3 Å². The molecule has 0 heterocycles. The van der Waals surface area contributed by atoms with Gasteiger partial charge in [0.1, 0.15) is 24.4 Å². The van der Waals surface area contributed by atoms with Crippen molar-refractivity contribution in [1.29, 1.82) is 0 Å². The van der Waals surface area contributed by atoms with Crippen molar-refractivity contribution in [1.82, 2.24) is 16.0 Å². The number of rotatable bonds is 13. The number of carboxylic acids is 1. The molecule has 0 bridgehead atoms. The standard InChI is InChI=1S/C26H35N3O5/c1-17(2)14-22(28-18(3)26(32)33)25(31)29-23(24(30)27-4)15-19-10-12-21(13-11-19)34-16-20-8-6-5-7-9-20/h5-13,17-18,22-23,28H,14-16H2,1-4H3,(H,27,30)(H,29,31)(H,32,33)/t18-,22+,23+/m1/s1. The SMILES string of the molecule is CNC(=O)[C@H](Cc1ccc(OCc2ccccc2)cc1)NC(=O)[C@H](CC(C)C)N[C@H](C)C(=O)O. The van der Waals surface area contributed by atoms with Crippen molar-refractivity contribution in [2.24, 2.45) is 5.92 Å². The zero-order valence-electron chi connectivity index (χ0n) is 20.2. The fourth-order valence-corrected chi connectivity index (χ4v) is 3.45. The van der Waals surface area contributed by atoms with E-state index in [9.17, 15) is 19.5 Å². The fourth-order valence-electron chi connectivity index (χ4n) is 3.45. The maximum atomic E-state index is 13.0. The topological polar surface area (TPSA) is 117 Å². The van der Waals surface area contributed by atoms with Gasteiger partial charge < -0.3 is 20.5 Å². The average Bonchev–Trinajstić information content (AvgIpc) is 2.82. The summed E-state index contributed by atoms with van der Waals surface area (Å²) in [5.74, 6) is -0.910. The van der Waals surface area contributed by atoms with Crippen molar-refractivity contribution < 1.29 is 24.2 Å². The quantitative estimate of drug-likeness (QED) is 0.358. The summed E-state index contributed by atoms with van der Waals surface area (Å²) in [5, 5.41) is 17.4. The smallest absolute Gasteiger partial charge is 0.320 e. The van der Waals surface area contributed by atoms with E-state index >= 15 is 0 Å². The number of carbonyl (C=O) groups excluding carboxylic acids is 2. The van der Waals surface area contributed by atoms with Crippen LogP contribution in [-0.2, 0) is 27.4 Å². The average molecular weight is 470 g/mol. The number of carbonyl (C=O) groups is 3. The summed E-state index contributed by atoms with van der Waals surface area (Å²) in [7, 11) is 1.51. The number of benzene rings is 2. The predicted molar refractivity (Wildman–Crippen MR) is 130 cm³/mol. The first-order chi connectivity index (χ1) is 16.2. The van der Waals surface area contributed by atoms with Crippen LogP contribution in [0.3, 0.4) is 0 Å². The lowest BCUT2D eigenvalue weighted by atomic mass is 10.0. The van der Waals surface area contributed by atoms with Crippen LogP contribution in [0.5, 0.6) is 5.75 Å². The molecule has 0 saturated heterocycles. The predicted octanol–water partition coefficient (Wildman–Crippen LogP) is 2.52. The minimum absolute atomic E-state index is 0.158. The number of amides is 2. The van der Waals surface area contributed by atoms with Gasteiger partial charge in [0, 0.05) is 13.5 Å². The van der Waals surface area contributed by atoms with Crippen LogP contribution in [-0.4, -0.2) is 48.1 Å². The van der Waals surface area contributed by atoms with E-state index in [1.807, 2.05) is 68.4 Å². The Balaban J connectivity index is 2.04. The first kappa shape index (κ1) is 26.9. The van der Waals surface area contributed by atoms with E-state index < -0.39 is 30.0 Å². The normalized spacial score (nSPS) is 13.6. The van der Waals surface area contributed by atoms with Gasteiger partial charge in [0.2, 0.25) is 11.8 Å². The van der Waals surface area contributed by atoms with Crippen molar-refractivity contribution >= 4 is 17.8 Å². The molecular formula is C26H35N3O5. The molecule has 0 aliphatic carbocycles.